The first-order valence-corrected chi connectivity index (χ1v) is 4.44. The summed E-state index contributed by atoms with van der Waals surface area (Å²) in [6.07, 6.45) is 2.43. The van der Waals surface area contributed by atoms with E-state index < -0.39 is 0 Å². The maximum atomic E-state index is 5.95. The van der Waals surface area contributed by atoms with E-state index in [2.05, 4.69) is 10.2 Å². The molecule has 1 unspecified atom stereocenters. The second kappa shape index (κ2) is 3.30. The second-order valence-electron chi connectivity index (χ2n) is 3.36. The normalized spacial score (nSPS) is 18.3. The molecule has 0 aromatic carbocycles. The van der Waals surface area contributed by atoms with Crippen LogP contribution in [0.15, 0.2) is 12.1 Å². The zero-order chi connectivity index (χ0) is 9.26. The van der Waals surface area contributed by atoms with Crippen molar-refractivity contribution >= 4 is 0 Å². The average Bonchev–Trinajstić information content (AvgIpc) is 3.00. The van der Waals surface area contributed by atoms with E-state index in [0.717, 1.165) is 5.69 Å². The summed E-state index contributed by atoms with van der Waals surface area (Å²) < 4.78 is 4.91. The Morgan fingerprint density at radius 3 is 2.69 bits per heavy atom. The number of ether oxygens (including phenoxy) is 1. The van der Waals surface area contributed by atoms with Gasteiger partial charge in [0.25, 0.3) is 0 Å². The molecular formula is C9H13N3O. The molecule has 4 nitrogen and oxygen atoms in total. The lowest BCUT2D eigenvalue weighted by Gasteiger charge is -2.08. The van der Waals surface area contributed by atoms with Gasteiger partial charge in [-0.05, 0) is 24.8 Å². The Balaban J connectivity index is 2.11. The molecule has 1 fully saturated rings. The van der Waals surface area contributed by atoms with E-state index in [1.165, 1.54) is 12.8 Å². The van der Waals surface area contributed by atoms with E-state index in [-0.39, 0.29) is 6.04 Å². The Labute approximate surface area is 77.1 Å². The fourth-order valence-electron chi connectivity index (χ4n) is 1.31. The first kappa shape index (κ1) is 8.44. The van der Waals surface area contributed by atoms with E-state index >= 15 is 0 Å². The summed E-state index contributed by atoms with van der Waals surface area (Å²) in [5.74, 6) is 1.15. The molecule has 0 radical (unpaired) electrons. The van der Waals surface area contributed by atoms with Gasteiger partial charge in [0, 0.05) is 6.07 Å². The molecule has 0 saturated heterocycles. The van der Waals surface area contributed by atoms with Crippen LogP contribution in [-0.2, 0) is 0 Å². The molecule has 1 saturated carbocycles. The minimum atomic E-state index is 0.0541. The topological polar surface area (TPSA) is 61.0 Å². The third-order valence-corrected chi connectivity index (χ3v) is 2.34. The van der Waals surface area contributed by atoms with Gasteiger partial charge in [-0.25, -0.2) is 0 Å². The molecule has 2 rings (SSSR count). The summed E-state index contributed by atoms with van der Waals surface area (Å²) in [4.78, 5) is 0. The van der Waals surface area contributed by atoms with Crippen molar-refractivity contribution in [3.63, 3.8) is 0 Å². The van der Waals surface area contributed by atoms with Crippen molar-refractivity contribution in [3.8, 4) is 5.88 Å². The van der Waals surface area contributed by atoms with Gasteiger partial charge in [0.15, 0.2) is 0 Å². The molecule has 2 N–H and O–H groups in total. The molecule has 13 heavy (non-hydrogen) atoms. The standard InChI is InChI=1S/C9H13N3O/c1-13-8-5-4-7(11-12-8)9(10)6-2-3-6/h4-6,9H,2-3,10H2,1H3. The maximum absolute atomic E-state index is 5.95. The molecular weight excluding hydrogens is 166 g/mol. The van der Waals surface area contributed by atoms with Gasteiger partial charge >= 0.3 is 0 Å². The molecule has 0 bridgehead atoms. The fraction of sp³-hybridized carbons (Fsp3) is 0.556. The Hall–Kier alpha value is -1.16. The summed E-state index contributed by atoms with van der Waals surface area (Å²) in [5.41, 5.74) is 6.81. The van der Waals surface area contributed by atoms with Crippen LogP contribution in [0.4, 0.5) is 0 Å². The molecule has 4 heteroatoms. The van der Waals surface area contributed by atoms with Crippen LogP contribution in [-0.4, -0.2) is 17.3 Å². The van der Waals surface area contributed by atoms with Crippen LogP contribution < -0.4 is 10.5 Å². The number of hydrogen-bond donors (Lipinski definition) is 1. The van der Waals surface area contributed by atoms with Gasteiger partial charge in [-0.3, -0.25) is 0 Å². The number of aromatic nitrogens is 2. The van der Waals surface area contributed by atoms with Crippen molar-refractivity contribution in [2.24, 2.45) is 11.7 Å². The van der Waals surface area contributed by atoms with Crippen LogP contribution in [0.2, 0.25) is 0 Å². The molecule has 1 aromatic heterocycles. The van der Waals surface area contributed by atoms with Gasteiger partial charge in [0.1, 0.15) is 0 Å². The van der Waals surface area contributed by atoms with E-state index in [4.69, 9.17) is 10.5 Å². The van der Waals surface area contributed by atoms with Gasteiger partial charge in [-0.15, -0.1) is 5.10 Å². The van der Waals surface area contributed by atoms with Gasteiger partial charge in [0.05, 0.1) is 18.8 Å². The average molecular weight is 179 g/mol. The number of rotatable bonds is 3. The summed E-state index contributed by atoms with van der Waals surface area (Å²) in [5, 5.41) is 7.89. The highest BCUT2D eigenvalue weighted by Gasteiger charge is 2.30. The molecule has 1 aromatic rings. The Morgan fingerprint density at radius 1 is 1.46 bits per heavy atom. The van der Waals surface area contributed by atoms with E-state index in [9.17, 15) is 0 Å². The lowest BCUT2D eigenvalue weighted by atomic mass is 10.1. The first-order chi connectivity index (χ1) is 6.31. The lowest BCUT2D eigenvalue weighted by Crippen LogP contribution is -2.14. The number of methoxy groups -OCH3 is 1. The number of hydrogen-bond acceptors (Lipinski definition) is 4. The Bertz CT molecular complexity index is 281. The highest BCUT2D eigenvalue weighted by atomic mass is 16.5. The van der Waals surface area contributed by atoms with Gasteiger partial charge < -0.3 is 10.5 Å². The minimum absolute atomic E-state index is 0.0541. The fourth-order valence-corrected chi connectivity index (χ4v) is 1.31. The molecule has 0 amide bonds. The van der Waals surface area contributed by atoms with Crippen LogP contribution in [0.5, 0.6) is 5.88 Å². The van der Waals surface area contributed by atoms with E-state index in [1.54, 1.807) is 13.2 Å². The zero-order valence-corrected chi connectivity index (χ0v) is 7.60. The van der Waals surface area contributed by atoms with Crippen LogP contribution in [0.1, 0.15) is 24.6 Å². The van der Waals surface area contributed by atoms with Crippen LogP contribution in [0.3, 0.4) is 0 Å². The molecule has 1 atom stereocenters. The third-order valence-electron chi connectivity index (χ3n) is 2.34. The Morgan fingerprint density at radius 2 is 2.23 bits per heavy atom. The first-order valence-electron chi connectivity index (χ1n) is 4.44. The zero-order valence-electron chi connectivity index (χ0n) is 7.60. The SMILES string of the molecule is COc1ccc(C(N)C2CC2)nn1. The largest absolute Gasteiger partial charge is 0.480 e. The quantitative estimate of drug-likeness (QED) is 0.748. The van der Waals surface area contributed by atoms with E-state index in [1.807, 2.05) is 6.07 Å². The van der Waals surface area contributed by atoms with Crippen molar-refractivity contribution in [1.82, 2.24) is 10.2 Å². The number of nitrogens with zero attached hydrogens (tertiary/aromatic N) is 2. The minimum Gasteiger partial charge on any atom is -0.480 e. The highest BCUT2D eigenvalue weighted by Crippen LogP contribution is 2.38. The lowest BCUT2D eigenvalue weighted by molar-refractivity contribution is 0.390. The van der Waals surface area contributed by atoms with Gasteiger partial charge in [-0.2, -0.15) is 5.10 Å². The highest BCUT2D eigenvalue weighted by molar-refractivity contribution is 5.15. The summed E-state index contributed by atoms with van der Waals surface area (Å²) in [7, 11) is 1.57. The van der Waals surface area contributed by atoms with Crippen molar-refractivity contribution in [3.05, 3.63) is 17.8 Å². The predicted octanol–water partition coefficient (Wildman–Crippen LogP) is 0.895. The van der Waals surface area contributed by atoms with Crippen molar-refractivity contribution in [2.75, 3.05) is 7.11 Å². The van der Waals surface area contributed by atoms with Crippen molar-refractivity contribution in [2.45, 2.75) is 18.9 Å². The predicted molar refractivity (Wildman–Crippen MR) is 48.2 cm³/mol. The smallest absolute Gasteiger partial charge is 0.233 e. The molecule has 70 valence electrons. The molecule has 0 spiro atoms. The van der Waals surface area contributed by atoms with Gasteiger partial charge in [0.2, 0.25) is 5.88 Å². The molecule has 1 aliphatic carbocycles. The summed E-state index contributed by atoms with van der Waals surface area (Å²) >= 11 is 0. The van der Waals surface area contributed by atoms with Crippen LogP contribution in [0, 0.1) is 5.92 Å². The van der Waals surface area contributed by atoms with Gasteiger partial charge in [-0.1, -0.05) is 0 Å². The Kier molecular flexibility index (Phi) is 2.14. The van der Waals surface area contributed by atoms with Crippen LogP contribution >= 0.6 is 0 Å². The molecule has 0 aliphatic heterocycles. The third kappa shape index (κ3) is 1.78. The second-order valence-corrected chi connectivity index (χ2v) is 3.36. The molecule has 1 heterocycles. The van der Waals surface area contributed by atoms with Crippen LogP contribution in [0.25, 0.3) is 0 Å². The molecule has 1 aliphatic rings. The maximum Gasteiger partial charge on any atom is 0.233 e. The summed E-state index contributed by atoms with van der Waals surface area (Å²) in [6.45, 7) is 0. The van der Waals surface area contributed by atoms with Crippen molar-refractivity contribution < 1.29 is 4.74 Å². The summed E-state index contributed by atoms with van der Waals surface area (Å²) in [6, 6.07) is 3.73. The van der Waals surface area contributed by atoms with Crippen molar-refractivity contribution in [1.29, 1.82) is 0 Å². The monoisotopic (exact) mass is 179 g/mol. The van der Waals surface area contributed by atoms with E-state index in [0.29, 0.717) is 11.8 Å². The number of nitrogens with two attached hydrogens (primary N) is 1.